The zero-order valence-electron chi connectivity index (χ0n) is 13.2. The summed E-state index contributed by atoms with van der Waals surface area (Å²) in [5.74, 6) is 7.26. The first-order chi connectivity index (χ1) is 10.1. The van der Waals surface area contributed by atoms with Crippen LogP contribution in [0.3, 0.4) is 0 Å². The molecule has 0 radical (unpaired) electrons. The maximum atomic E-state index is 8.86. The molecular formula is C18H25NO2. The van der Waals surface area contributed by atoms with E-state index < -0.39 is 0 Å². The maximum Gasteiger partial charge on any atom is 0.134 e. The SMILES string of the molecule is COc1ccc(CN2CCC(C)CC2C)cc1C#CCO. The molecule has 114 valence electrons. The van der Waals surface area contributed by atoms with E-state index in [4.69, 9.17) is 9.84 Å². The third kappa shape index (κ3) is 4.23. The van der Waals surface area contributed by atoms with Gasteiger partial charge in [0.15, 0.2) is 0 Å². The van der Waals surface area contributed by atoms with Crippen molar-refractivity contribution in [1.82, 2.24) is 4.90 Å². The molecule has 1 aliphatic heterocycles. The smallest absolute Gasteiger partial charge is 0.134 e. The Kier molecular flexibility index (Phi) is 5.67. The Balaban J connectivity index is 2.13. The number of nitrogens with zero attached hydrogens (tertiary/aromatic N) is 1. The van der Waals surface area contributed by atoms with Crippen LogP contribution < -0.4 is 4.74 Å². The molecule has 0 aromatic heterocycles. The number of benzene rings is 1. The van der Waals surface area contributed by atoms with Gasteiger partial charge in [0.1, 0.15) is 12.4 Å². The Hall–Kier alpha value is -1.50. The Morgan fingerprint density at radius 2 is 2.19 bits per heavy atom. The fourth-order valence-corrected chi connectivity index (χ4v) is 3.01. The van der Waals surface area contributed by atoms with Crippen LogP contribution in [0.15, 0.2) is 18.2 Å². The van der Waals surface area contributed by atoms with Gasteiger partial charge in [0.2, 0.25) is 0 Å². The molecule has 1 aromatic rings. The number of aliphatic hydroxyl groups is 1. The van der Waals surface area contributed by atoms with Crippen molar-refractivity contribution in [2.45, 2.75) is 39.3 Å². The largest absolute Gasteiger partial charge is 0.495 e. The van der Waals surface area contributed by atoms with E-state index in [0.29, 0.717) is 6.04 Å². The lowest BCUT2D eigenvalue weighted by atomic mass is 9.93. The van der Waals surface area contributed by atoms with Crippen molar-refractivity contribution in [1.29, 1.82) is 0 Å². The Labute approximate surface area is 127 Å². The molecule has 1 heterocycles. The molecule has 2 rings (SSSR count). The second kappa shape index (κ2) is 7.49. The molecular weight excluding hydrogens is 262 g/mol. The molecule has 0 spiro atoms. The third-order valence-corrected chi connectivity index (χ3v) is 4.23. The van der Waals surface area contributed by atoms with Crippen molar-refractivity contribution in [3.8, 4) is 17.6 Å². The van der Waals surface area contributed by atoms with E-state index in [1.807, 2.05) is 6.07 Å². The number of methoxy groups -OCH3 is 1. The number of likely N-dealkylation sites (tertiary alicyclic amines) is 1. The van der Waals surface area contributed by atoms with Crippen molar-refractivity contribution in [2.75, 3.05) is 20.3 Å². The lowest BCUT2D eigenvalue weighted by Gasteiger charge is -2.36. The summed E-state index contributed by atoms with van der Waals surface area (Å²) >= 11 is 0. The van der Waals surface area contributed by atoms with E-state index in [1.54, 1.807) is 7.11 Å². The molecule has 1 saturated heterocycles. The number of piperidine rings is 1. The van der Waals surface area contributed by atoms with Crippen LogP contribution >= 0.6 is 0 Å². The summed E-state index contributed by atoms with van der Waals surface area (Å²) in [5, 5.41) is 8.86. The molecule has 0 aliphatic carbocycles. The zero-order valence-corrected chi connectivity index (χ0v) is 13.2. The summed E-state index contributed by atoms with van der Waals surface area (Å²) < 4.78 is 5.32. The minimum absolute atomic E-state index is 0.131. The minimum atomic E-state index is -0.131. The lowest BCUT2D eigenvalue weighted by molar-refractivity contribution is 0.122. The van der Waals surface area contributed by atoms with Crippen molar-refractivity contribution < 1.29 is 9.84 Å². The van der Waals surface area contributed by atoms with E-state index in [-0.39, 0.29) is 6.61 Å². The molecule has 0 saturated carbocycles. The van der Waals surface area contributed by atoms with Gasteiger partial charge >= 0.3 is 0 Å². The molecule has 3 heteroatoms. The molecule has 2 unspecified atom stereocenters. The van der Waals surface area contributed by atoms with Gasteiger partial charge in [-0.25, -0.2) is 0 Å². The molecule has 1 aliphatic rings. The van der Waals surface area contributed by atoms with E-state index in [2.05, 4.69) is 42.7 Å². The summed E-state index contributed by atoms with van der Waals surface area (Å²) in [6, 6.07) is 6.77. The second-order valence-corrected chi connectivity index (χ2v) is 5.94. The van der Waals surface area contributed by atoms with Gasteiger partial charge in [-0.05, 0) is 49.9 Å². The topological polar surface area (TPSA) is 32.7 Å². The molecule has 1 fully saturated rings. The standard InChI is InChI=1S/C18H25NO2/c1-14-8-9-19(15(2)11-14)13-16-6-7-18(21-3)17(12-16)5-4-10-20/h6-7,12,14-15,20H,8-11,13H2,1-3H3. The maximum absolute atomic E-state index is 8.86. The number of ether oxygens (including phenoxy) is 1. The zero-order chi connectivity index (χ0) is 15.2. The van der Waals surface area contributed by atoms with E-state index in [0.717, 1.165) is 30.3 Å². The summed E-state index contributed by atoms with van der Waals surface area (Å²) in [6.07, 6.45) is 2.55. The van der Waals surface area contributed by atoms with E-state index >= 15 is 0 Å². The first-order valence-electron chi connectivity index (χ1n) is 7.64. The molecule has 0 bridgehead atoms. The second-order valence-electron chi connectivity index (χ2n) is 5.94. The van der Waals surface area contributed by atoms with Gasteiger partial charge < -0.3 is 9.84 Å². The predicted molar refractivity (Wildman–Crippen MR) is 85.2 cm³/mol. The van der Waals surface area contributed by atoms with Gasteiger partial charge in [-0.1, -0.05) is 24.8 Å². The summed E-state index contributed by atoms with van der Waals surface area (Å²) in [6.45, 7) is 6.63. The van der Waals surface area contributed by atoms with Crippen LogP contribution in [0.2, 0.25) is 0 Å². The number of rotatable bonds is 3. The van der Waals surface area contributed by atoms with Gasteiger partial charge in [-0.2, -0.15) is 0 Å². The molecule has 1 aromatic carbocycles. The average Bonchev–Trinajstić information content (AvgIpc) is 2.48. The van der Waals surface area contributed by atoms with Crippen LogP contribution in [-0.2, 0) is 6.54 Å². The minimum Gasteiger partial charge on any atom is -0.495 e. The van der Waals surface area contributed by atoms with Crippen LogP contribution in [0.1, 0.15) is 37.8 Å². The molecule has 3 nitrogen and oxygen atoms in total. The highest BCUT2D eigenvalue weighted by Gasteiger charge is 2.22. The van der Waals surface area contributed by atoms with Crippen molar-refractivity contribution >= 4 is 0 Å². The Morgan fingerprint density at radius 3 is 2.86 bits per heavy atom. The van der Waals surface area contributed by atoms with Crippen LogP contribution in [-0.4, -0.2) is 36.3 Å². The first kappa shape index (κ1) is 15.9. The summed E-state index contributed by atoms with van der Waals surface area (Å²) in [5.41, 5.74) is 2.10. The van der Waals surface area contributed by atoms with Crippen molar-refractivity contribution in [3.05, 3.63) is 29.3 Å². The fraction of sp³-hybridized carbons (Fsp3) is 0.556. The Morgan fingerprint density at radius 1 is 1.38 bits per heavy atom. The van der Waals surface area contributed by atoms with Gasteiger partial charge in [0.25, 0.3) is 0 Å². The van der Waals surface area contributed by atoms with Crippen molar-refractivity contribution in [3.63, 3.8) is 0 Å². The van der Waals surface area contributed by atoms with Crippen LogP contribution in [0, 0.1) is 17.8 Å². The normalized spacial score (nSPS) is 22.5. The van der Waals surface area contributed by atoms with Gasteiger partial charge in [-0.15, -0.1) is 0 Å². The Bertz CT molecular complexity index is 530. The molecule has 0 amide bonds. The monoisotopic (exact) mass is 287 g/mol. The quantitative estimate of drug-likeness (QED) is 0.868. The predicted octanol–water partition coefficient (Wildman–Crippen LogP) is 2.66. The number of hydrogen-bond acceptors (Lipinski definition) is 3. The molecule has 1 N–H and O–H groups in total. The van der Waals surface area contributed by atoms with Gasteiger partial charge in [0, 0.05) is 12.6 Å². The molecule has 2 atom stereocenters. The number of hydrogen-bond donors (Lipinski definition) is 1. The highest BCUT2D eigenvalue weighted by Crippen LogP contribution is 2.25. The van der Waals surface area contributed by atoms with Crippen LogP contribution in [0.5, 0.6) is 5.75 Å². The summed E-state index contributed by atoms with van der Waals surface area (Å²) in [4.78, 5) is 2.53. The van der Waals surface area contributed by atoms with Crippen LogP contribution in [0.4, 0.5) is 0 Å². The van der Waals surface area contributed by atoms with E-state index in [9.17, 15) is 0 Å². The first-order valence-corrected chi connectivity index (χ1v) is 7.64. The average molecular weight is 287 g/mol. The van der Waals surface area contributed by atoms with Crippen molar-refractivity contribution in [2.24, 2.45) is 5.92 Å². The van der Waals surface area contributed by atoms with Gasteiger partial charge in [-0.3, -0.25) is 4.90 Å². The highest BCUT2D eigenvalue weighted by atomic mass is 16.5. The lowest BCUT2D eigenvalue weighted by Crippen LogP contribution is -2.39. The third-order valence-electron chi connectivity index (χ3n) is 4.23. The van der Waals surface area contributed by atoms with Crippen LogP contribution in [0.25, 0.3) is 0 Å². The summed E-state index contributed by atoms with van der Waals surface area (Å²) in [7, 11) is 1.65. The van der Waals surface area contributed by atoms with E-state index in [1.165, 1.54) is 18.4 Å². The molecule has 21 heavy (non-hydrogen) atoms. The highest BCUT2D eigenvalue weighted by molar-refractivity contribution is 5.48. The number of aliphatic hydroxyl groups excluding tert-OH is 1. The van der Waals surface area contributed by atoms with Gasteiger partial charge in [0.05, 0.1) is 12.7 Å². The fourth-order valence-electron chi connectivity index (χ4n) is 3.01.